The predicted octanol–water partition coefficient (Wildman–Crippen LogP) is 5.75. The number of benzene rings is 4. The fourth-order valence-corrected chi connectivity index (χ4v) is 6.02. The maximum Gasteiger partial charge on any atom is 0.237 e. The van der Waals surface area contributed by atoms with E-state index in [9.17, 15) is 4.79 Å². The Bertz CT molecular complexity index is 1820. The summed E-state index contributed by atoms with van der Waals surface area (Å²) in [5.74, 6) is 1.66. The summed E-state index contributed by atoms with van der Waals surface area (Å²) in [6.07, 6.45) is 0.459. The Labute approximate surface area is 262 Å². The van der Waals surface area contributed by atoms with Gasteiger partial charge >= 0.3 is 0 Å². The molecule has 45 heavy (non-hydrogen) atoms. The lowest BCUT2D eigenvalue weighted by Gasteiger charge is -2.31. The van der Waals surface area contributed by atoms with E-state index in [-0.39, 0.29) is 24.4 Å². The molecule has 0 radical (unpaired) electrons. The topological polar surface area (TPSA) is 118 Å². The van der Waals surface area contributed by atoms with E-state index >= 15 is 0 Å². The van der Waals surface area contributed by atoms with Gasteiger partial charge in [0.25, 0.3) is 0 Å². The van der Waals surface area contributed by atoms with E-state index in [0.717, 1.165) is 38.9 Å². The van der Waals surface area contributed by atoms with Gasteiger partial charge in [0.1, 0.15) is 17.2 Å². The lowest BCUT2D eigenvalue weighted by Crippen LogP contribution is -2.49. The molecule has 2 unspecified atom stereocenters. The minimum Gasteiger partial charge on any atom is -0.496 e. The number of methoxy groups -OCH3 is 4. The van der Waals surface area contributed by atoms with Gasteiger partial charge in [-0.2, -0.15) is 0 Å². The third-order valence-electron chi connectivity index (χ3n) is 8.39. The fraction of sp³-hybridized carbons (Fsp3) is 0.222. The van der Waals surface area contributed by atoms with E-state index in [1.807, 2.05) is 36.4 Å². The van der Waals surface area contributed by atoms with Crippen LogP contribution in [0, 0.1) is 5.41 Å². The molecular weight excluding hydrogens is 568 g/mol. The smallest absolute Gasteiger partial charge is 0.237 e. The zero-order valence-corrected chi connectivity index (χ0v) is 25.7. The van der Waals surface area contributed by atoms with Gasteiger partial charge < -0.3 is 29.2 Å². The van der Waals surface area contributed by atoms with Crippen LogP contribution < -0.4 is 24.8 Å². The summed E-state index contributed by atoms with van der Waals surface area (Å²) in [6, 6.07) is 27.2. The Morgan fingerprint density at radius 2 is 1.56 bits per heavy atom. The van der Waals surface area contributed by atoms with Crippen molar-refractivity contribution in [2.24, 2.45) is 0 Å². The number of amides is 1. The quantitative estimate of drug-likeness (QED) is 0.126. The van der Waals surface area contributed by atoms with Gasteiger partial charge in [-0.05, 0) is 46.9 Å². The fourth-order valence-electron chi connectivity index (χ4n) is 6.02. The summed E-state index contributed by atoms with van der Waals surface area (Å²) in [5.41, 5.74) is 7.65. The molecule has 0 saturated carbocycles. The van der Waals surface area contributed by atoms with Gasteiger partial charge in [0, 0.05) is 34.3 Å². The van der Waals surface area contributed by atoms with Crippen LogP contribution in [0.3, 0.4) is 0 Å². The van der Waals surface area contributed by atoms with E-state index in [0.29, 0.717) is 34.8 Å². The molecule has 5 aromatic rings. The van der Waals surface area contributed by atoms with Gasteiger partial charge in [0.15, 0.2) is 0 Å². The van der Waals surface area contributed by atoms with Crippen LogP contribution in [0.2, 0.25) is 0 Å². The summed E-state index contributed by atoms with van der Waals surface area (Å²) in [4.78, 5) is 17.5. The molecule has 9 heteroatoms. The van der Waals surface area contributed by atoms with Crippen molar-refractivity contribution < 1.29 is 23.7 Å². The largest absolute Gasteiger partial charge is 0.496 e. The molecule has 230 valence electrons. The number of aromatic nitrogens is 1. The maximum atomic E-state index is 13.9. The molecule has 1 aliphatic rings. The molecule has 2 atom stereocenters. The molecule has 0 saturated heterocycles. The number of fused-ring (bicyclic) bond motifs is 3. The standard InChI is InChI=1S/C36H36N4O5/c1-42-25-17-31(43-2)28(32(18-25)44-3)20-38-36(41)30-19-27-26-16-24(35(37)45-4)14-15-29(26)39-34(27)33(40-30)23-12-10-22(11-13-23)21-8-6-5-7-9-21/h5-18,30,33,37,39-40H,19-20H2,1-4H3,(H,38,41). The highest BCUT2D eigenvalue weighted by Crippen LogP contribution is 2.37. The number of rotatable bonds is 9. The minimum atomic E-state index is -0.531. The molecule has 9 nitrogen and oxygen atoms in total. The highest BCUT2D eigenvalue weighted by Gasteiger charge is 2.34. The second-order valence-corrected chi connectivity index (χ2v) is 10.9. The van der Waals surface area contributed by atoms with Crippen molar-refractivity contribution in [1.82, 2.24) is 15.6 Å². The predicted molar refractivity (Wildman–Crippen MR) is 174 cm³/mol. The molecule has 6 rings (SSSR count). The molecule has 0 fully saturated rings. The van der Waals surface area contributed by atoms with Crippen LogP contribution in [0.5, 0.6) is 17.2 Å². The summed E-state index contributed by atoms with van der Waals surface area (Å²) in [6.45, 7) is 0.208. The summed E-state index contributed by atoms with van der Waals surface area (Å²) >= 11 is 0. The number of hydrogen-bond acceptors (Lipinski definition) is 7. The highest BCUT2D eigenvalue weighted by molar-refractivity contribution is 5.98. The lowest BCUT2D eigenvalue weighted by atomic mass is 9.89. The zero-order valence-electron chi connectivity index (χ0n) is 25.7. The number of hydrogen-bond donors (Lipinski definition) is 4. The van der Waals surface area contributed by atoms with E-state index in [2.05, 4.69) is 52.0 Å². The van der Waals surface area contributed by atoms with E-state index in [1.54, 1.807) is 33.5 Å². The van der Waals surface area contributed by atoms with Crippen molar-refractivity contribution in [3.8, 4) is 28.4 Å². The van der Waals surface area contributed by atoms with Crippen molar-refractivity contribution in [2.45, 2.75) is 25.0 Å². The molecule has 0 aliphatic carbocycles. The first-order chi connectivity index (χ1) is 21.9. The maximum absolute atomic E-state index is 13.9. The number of carbonyl (C=O) groups excluding carboxylic acids is 1. The van der Waals surface area contributed by atoms with Crippen molar-refractivity contribution in [3.63, 3.8) is 0 Å². The van der Waals surface area contributed by atoms with Gasteiger partial charge in [-0.15, -0.1) is 0 Å². The minimum absolute atomic E-state index is 0.0884. The lowest BCUT2D eigenvalue weighted by molar-refractivity contribution is -0.123. The van der Waals surface area contributed by atoms with Gasteiger partial charge in [0.2, 0.25) is 11.8 Å². The third kappa shape index (κ3) is 5.82. The van der Waals surface area contributed by atoms with Crippen molar-refractivity contribution in [2.75, 3.05) is 28.4 Å². The van der Waals surface area contributed by atoms with Crippen LogP contribution >= 0.6 is 0 Å². The van der Waals surface area contributed by atoms with Crippen LogP contribution in [-0.4, -0.2) is 51.3 Å². The zero-order chi connectivity index (χ0) is 31.5. The average molecular weight is 605 g/mol. The number of ether oxygens (including phenoxy) is 4. The van der Waals surface area contributed by atoms with Crippen LogP contribution in [0.4, 0.5) is 0 Å². The Balaban J connectivity index is 1.34. The molecule has 4 aromatic carbocycles. The molecule has 1 aromatic heterocycles. The first-order valence-corrected chi connectivity index (χ1v) is 14.7. The normalized spacial score (nSPS) is 15.6. The van der Waals surface area contributed by atoms with Crippen molar-refractivity contribution in [1.29, 1.82) is 5.41 Å². The van der Waals surface area contributed by atoms with Gasteiger partial charge in [0.05, 0.1) is 52.6 Å². The molecule has 4 N–H and O–H groups in total. The van der Waals surface area contributed by atoms with E-state index in [4.69, 9.17) is 24.4 Å². The first kappa shape index (κ1) is 29.8. The molecule has 2 heterocycles. The first-order valence-electron chi connectivity index (χ1n) is 14.7. The van der Waals surface area contributed by atoms with Crippen molar-refractivity contribution in [3.05, 3.63) is 113 Å². The van der Waals surface area contributed by atoms with Gasteiger partial charge in [-0.1, -0.05) is 54.6 Å². The van der Waals surface area contributed by atoms with Crippen molar-refractivity contribution >= 4 is 22.7 Å². The molecule has 1 aliphatic heterocycles. The third-order valence-corrected chi connectivity index (χ3v) is 8.39. The molecule has 1 amide bonds. The van der Waals surface area contributed by atoms with Crippen LogP contribution in [-0.2, 0) is 22.5 Å². The van der Waals surface area contributed by atoms with Crippen LogP contribution in [0.25, 0.3) is 22.0 Å². The van der Waals surface area contributed by atoms with Gasteiger partial charge in [-0.25, -0.2) is 0 Å². The number of nitrogens with one attached hydrogen (secondary N) is 4. The number of carbonyl (C=O) groups is 1. The Morgan fingerprint density at radius 3 is 2.20 bits per heavy atom. The molecule has 0 bridgehead atoms. The molecular formula is C36H36N4O5. The Morgan fingerprint density at radius 1 is 0.867 bits per heavy atom. The Hall–Kier alpha value is -5.28. The Kier molecular flexibility index (Phi) is 8.44. The second kappa shape index (κ2) is 12.8. The number of aromatic amines is 1. The van der Waals surface area contributed by atoms with Gasteiger partial charge in [-0.3, -0.25) is 15.5 Å². The van der Waals surface area contributed by atoms with E-state index < -0.39 is 6.04 Å². The number of H-pyrrole nitrogens is 1. The molecule has 0 spiro atoms. The summed E-state index contributed by atoms with van der Waals surface area (Å²) < 4.78 is 21.7. The monoisotopic (exact) mass is 604 g/mol. The summed E-state index contributed by atoms with van der Waals surface area (Å²) in [7, 11) is 6.22. The highest BCUT2D eigenvalue weighted by atomic mass is 16.5. The second-order valence-electron chi connectivity index (χ2n) is 10.9. The van der Waals surface area contributed by atoms with Crippen LogP contribution in [0.1, 0.15) is 34.0 Å². The average Bonchev–Trinajstić information content (AvgIpc) is 3.47. The van der Waals surface area contributed by atoms with E-state index in [1.165, 1.54) is 7.11 Å². The summed E-state index contributed by atoms with van der Waals surface area (Å²) in [5, 5.41) is 15.9. The van der Waals surface area contributed by atoms with Crippen LogP contribution in [0.15, 0.2) is 84.9 Å². The SMILES string of the molecule is COC(=N)c1ccc2[nH]c3c(c2c1)CC(C(=O)NCc1c(OC)cc(OC)cc1OC)NC3c1ccc(-c2ccccc2)cc1.